The molecule has 6 heteroatoms. The average molecular weight is 274 g/mol. The van der Waals surface area contributed by atoms with Crippen LogP contribution in [0.2, 0.25) is 0 Å². The highest BCUT2D eigenvalue weighted by atomic mass is 19.2. The van der Waals surface area contributed by atoms with Gasteiger partial charge in [-0.25, -0.2) is 8.78 Å². The fourth-order valence-electron chi connectivity index (χ4n) is 1.55. The molecule has 0 saturated heterocycles. The highest BCUT2D eigenvalue weighted by Gasteiger charge is 2.26. The normalized spacial score (nSPS) is 9.65. The minimum Gasteiger partial charge on any atom is -0.453 e. The Morgan fingerprint density at radius 3 is 1.95 bits per heavy atom. The Bertz CT molecular complexity index is 746. The quantitative estimate of drug-likeness (QED) is 0.785. The van der Waals surface area contributed by atoms with E-state index >= 15 is 0 Å². The van der Waals surface area contributed by atoms with Crippen molar-refractivity contribution < 1.29 is 17.9 Å². The third kappa shape index (κ3) is 2.15. The summed E-state index contributed by atoms with van der Waals surface area (Å²) in [6.45, 7) is 0. The maximum Gasteiger partial charge on any atom is 0.205 e. The number of nitriles is 2. The van der Waals surface area contributed by atoms with Gasteiger partial charge in [0.2, 0.25) is 5.82 Å². The van der Waals surface area contributed by atoms with Crippen LogP contribution >= 0.6 is 0 Å². The standard InChI is InChI=1S/C14H5F3N2O/c15-11-9(6-18)10(7-19)14(13(17)12(11)16)20-8-4-2-1-3-5-8/h1-5H. The van der Waals surface area contributed by atoms with Crippen molar-refractivity contribution >= 4 is 0 Å². The molecule has 98 valence electrons. The zero-order valence-corrected chi connectivity index (χ0v) is 9.82. The van der Waals surface area contributed by atoms with Gasteiger partial charge in [0.25, 0.3) is 0 Å². The van der Waals surface area contributed by atoms with Crippen LogP contribution < -0.4 is 4.74 Å². The molecular weight excluding hydrogens is 269 g/mol. The van der Waals surface area contributed by atoms with Gasteiger partial charge in [-0.2, -0.15) is 14.9 Å². The van der Waals surface area contributed by atoms with Gasteiger partial charge in [0, 0.05) is 0 Å². The van der Waals surface area contributed by atoms with Gasteiger partial charge in [-0.15, -0.1) is 0 Å². The molecule has 0 aromatic heterocycles. The fraction of sp³-hybridized carbons (Fsp3) is 0. The van der Waals surface area contributed by atoms with Gasteiger partial charge in [-0.05, 0) is 12.1 Å². The summed E-state index contributed by atoms with van der Waals surface area (Å²) in [5, 5.41) is 17.7. The summed E-state index contributed by atoms with van der Waals surface area (Å²) in [5.41, 5.74) is -1.58. The van der Waals surface area contributed by atoms with Crippen LogP contribution in [0.3, 0.4) is 0 Å². The van der Waals surface area contributed by atoms with E-state index in [0.29, 0.717) is 0 Å². The summed E-state index contributed by atoms with van der Waals surface area (Å²) in [5.74, 6) is -5.90. The molecule has 3 nitrogen and oxygen atoms in total. The highest BCUT2D eigenvalue weighted by Crippen LogP contribution is 2.33. The van der Waals surface area contributed by atoms with E-state index in [1.807, 2.05) is 0 Å². The summed E-state index contributed by atoms with van der Waals surface area (Å²) in [7, 11) is 0. The lowest BCUT2D eigenvalue weighted by atomic mass is 10.1. The Balaban J connectivity index is 2.67. The third-order valence-corrected chi connectivity index (χ3v) is 2.47. The molecule has 0 atom stereocenters. The number of halogens is 3. The third-order valence-electron chi connectivity index (χ3n) is 2.47. The lowest BCUT2D eigenvalue weighted by Gasteiger charge is -2.10. The van der Waals surface area contributed by atoms with E-state index in [1.54, 1.807) is 18.2 Å². The molecule has 2 rings (SSSR count). The van der Waals surface area contributed by atoms with E-state index in [0.717, 1.165) is 0 Å². The first-order valence-electron chi connectivity index (χ1n) is 5.33. The fourth-order valence-corrected chi connectivity index (χ4v) is 1.55. The molecule has 0 aliphatic heterocycles. The van der Waals surface area contributed by atoms with Crippen LogP contribution in [-0.4, -0.2) is 0 Å². The molecule has 0 radical (unpaired) electrons. The van der Waals surface area contributed by atoms with Gasteiger partial charge < -0.3 is 4.74 Å². The molecule has 0 unspecified atom stereocenters. The monoisotopic (exact) mass is 274 g/mol. The Morgan fingerprint density at radius 2 is 1.40 bits per heavy atom. The largest absolute Gasteiger partial charge is 0.453 e. The Hall–Kier alpha value is -2.99. The number of hydrogen-bond acceptors (Lipinski definition) is 3. The zero-order valence-electron chi connectivity index (χ0n) is 9.82. The second-order valence-electron chi connectivity index (χ2n) is 3.66. The minimum absolute atomic E-state index is 0.123. The molecule has 0 spiro atoms. The molecule has 20 heavy (non-hydrogen) atoms. The van der Waals surface area contributed by atoms with Crippen molar-refractivity contribution in [3.63, 3.8) is 0 Å². The van der Waals surface area contributed by atoms with Crippen molar-refractivity contribution in [2.24, 2.45) is 0 Å². The van der Waals surface area contributed by atoms with Crippen LogP contribution in [0.4, 0.5) is 13.2 Å². The first-order chi connectivity index (χ1) is 9.60. The molecule has 2 aromatic rings. The number of hydrogen-bond donors (Lipinski definition) is 0. The molecule has 0 amide bonds. The van der Waals surface area contributed by atoms with Crippen LogP contribution in [0.25, 0.3) is 0 Å². The molecule has 2 aromatic carbocycles. The molecule has 0 aliphatic rings. The van der Waals surface area contributed by atoms with Crippen LogP contribution in [0, 0.1) is 40.1 Å². The van der Waals surface area contributed by atoms with Crippen LogP contribution in [0.1, 0.15) is 11.1 Å². The molecule has 0 saturated carbocycles. The summed E-state index contributed by atoms with van der Waals surface area (Å²) in [6, 6.07) is 10.5. The molecule has 0 N–H and O–H groups in total. The maximum atomic E-state index is 13.7. The zero-order chi connectivity index (χ0) is 14.7. The van der Waals surface area contributed by atoms with Crippen LogP contribution in [-0.2, 0) is 0 Å². The van der Waals surface area contributed by atoms with Gasteiger partial charge in [-0.3, -0.25) is 0 Å². The second kappa shape index (κ2) is 5.33. The van der Waals surface area contributed by atoms with Crippen molar-refractivity contribution in [2.75, 3.05) is 0 Å². The summed E-state index contributed by atoms with van der Waals surface area (Å²) in [4.78, 5) is 0. The van der Waals surface area contributed by atoms with E-state index in [-0.39, 0.29) is 5.75 Å². The predicted molar refractivity (Wildman–Crippen MR) is 62.3 cm³/mol. The number of rotatable bonds is 2. The highest BCUT2D eigenvalue weighted by molar-refractivity contribution is 5.56. The Labute approximate surface area is 112 Å². The molecule has 0 heterocycles. The summed E-state index contributed by atoms with van der Waals surface area (Å²) < 4.78 is 45.5. The minimum atomic E-state index is -1.86. The topological polar surface area (TPSA) is 56.8 Å². The van der Waals surface area contributed by atoms with E-state index < -0.39 is 34.3 Å². The van der Waals surface area contributed by atoms with Crippen LogP contribution in [0.5, 0.6) is 11.5 Å². The number of benzene rings is 2. The lowest BCUT2D eigenvalue weighted by molar-refractivity contribution is 0.392. The van der Waals surface area contributed by atoms with Gasteiger partial charge >= 0.3 is 0 Å². The van der Waals surface area contributed by atoms with Gasteiger partial charge in [-0.1, -0.05) is 18.2 Å². The van der Waals surface area contributed by atoms with Crippen LogP contribution in [0.15, 0.2) is 30.3 Å². The predicted octanol–water partition coefficient (Wildman–Crippen LogP) is 3.64. The molecule has 0 fully saturated rings. The number of para-hydroxylation sites is 1. The van der Waals surface area contributed by atoms with Crippen molar-refractivity contribution in [3.8, 4) is 23.6 Å². The average Bonchev–Trinajstić information content (AvgIpc) is 2.48. The molecule has 0 bridgehead atoms. The Kier molecular flexibility index (Phi) is 3.58. The van der Waals surface area contributed by atoms with Crippen molar-refractivity contribution in [1.29, 1.82) is 10.5 Å². The summed E-state index contributed by atoms with van der Waals surface area (Å²) >= 11 is 0. The second-order valence-corrected chi connectivity index (χ2v) is 3.66. The van der Waals surface area contributed by atoms with Gasteiger partial charge in [0.1, 0.15) is 29.0 Å². The molecular formula is C14H5F3N2O. The van der Waals surface area contributed by atoms with Crippen molar-refractivity contribution in [1.82, 2.24) is 0 Å². The van der Waals surface area contributed by atoms with Gasteiger partial charge in [0.05, 0.1) is 0 Å². The van der Waals surface area contributed by atoms with Crippen molar-refractivity contribution in [2.45, 2.75) is 0 Å². The number of ether oxygens (including phenoxy) is 1. The first kappa shape index (κ1) is 13.4. The summed E-state index contributed by atoms with van der Waals surface area (Å²) in [6.07, 6.45) is 0. The Morgan fingerprint density at radius 1 is 0.800 bits per heavy atom. The van der Waals surface area contributed by atoms with E-state index in [2.05, 4.69) is 0 Å². The van der Waals surface area contributed by atoms with E-state index in [1.165, 1.54) is 24.3 Å². The van der Waals surface area contributed by atoms with E-state index in [9.17, 15) is 13.2 Å². The van der Waals surface area contributed by atoms with Crippen molar-refractivity contribution in [3.05, 3.63) is 58.9 Å². The first-order valence-corrected chi connectivity index (χ1v) is 5.33. The SMILES string of the molecule is N#Cc1c(F)c(F)c(F)c(Oc2ccccc2)c1C#N. The molecule has 0 aliphatic carbocycles. The smallest absolute Gasteiger partial charge is 0.205 e. The maximum absolute atomic E-state index is 13.7. The number of nitrogens with zero attached hydrogens (tertiary/aromatic N) is 2. The van der Waals surface area contributed by atoms with Gasteiger partial charge in [0.15, 0.2) is 17.4 Å². The lowest BCUT2D eigenvalue weighted by Crippen LogP contribution is -2.03. The van der Waals surface area contributed by atoms with E-state index in [4.69, 9.17) is 15.3 Å².